The molecule has 4 heteroatoms. The molecule has 1 N–H and O–H groups in total. The van der Waals surface area contributed by atoms with E-state index >= 15 is 0 Å². The van der Waals surface area contributed by atoms with Gasteiger partial charge in [-0.3, -0.25) is 4.79 Å². The van der Waals surface area contributed by atoms with E-state index in [0.717, 1.165) is 25.9 Å². The molecule has 0 unspecified atom stereocenters. The first-order valence-corrected chi connectivity index (χ1v) is 5.70. The fraction of sp³-hybridized carbons (Fsp3) is 0.909. The van der Waals surface area contributed by atoms with E-state index in [1.165, 1.54) is 0 Å². The molecule has 0 radical (unpaired) electrons. The van der Waals surface area contributed by atoms with Gasteiger partial charge in [-0.1, -0.05) is 0 Å². The number of carbonyl (C=O) groups is 1. The van der Waals surface area contributed by atoms with Crippen molar-refractivity contribution in [1.82, 2.24) is 9.80 Å². The van der Waals surface area contributed by atoms with Gasteiger partial charge in [0.05, 0.1) is 0 Å². The fourth-order valence-corrected chi connectivity index (χ4v) is 2.02. The quantitative estimate of drug-likeness (QED) is 0.732. The van der Waals surface area contributed by atoms with Crippen LogP contribution in [-0.4, -0.2) is 60.6 Å². The Kier molecular flexibility index (Phi) is 5.05. The van der Waals surface area contributed by atoms with Gasteiger partial charge < -0.3 is 14.9 Å². The molecule has 0 saturated carbocycles. The molecule has 1 heterocycles. The molecule has 0 aromatic heterocycles. The monoisotopic (exact) mass is 214 g/mol. The molecule has 0 aromatic carbocycles. The number of amides is 1. The van der Waals surface area contributed by atoms with E-state index in [9.17, 15) is 4.79 Å². The van der Waals surface area contributed by atoms with Gasteiger partial charge in [0.25, 0.3) is 0 Å². The number of aliphatic hydroxyl groups is 1. The number of rotatable bonds is 4. The van der Waals surface area contributed by atoms with Gasteiger partial charge in [0, 0.05) is 32.2 Å². The molecular weight excluding hydrogens is 192 g/mol. The lowest BCUT2D eigenvalue weighted by Gasteiger charge is -2.35. The molecule has 1 rings (SSSR count). The average molecular weight is 214 g/mol. The standard InChI is InChI=1S/C11H22N2O2/c1-12(2)10-5-7-13(8-6-10)11(15)4-3-9-14/h10,14H,3-9H2,1-2H3. The smallest absolute Gasteiger partial charge is 0.222 e. The predicted octanol–water partition coefficient (Wildman–Crippen LogP) is 0.311. The lowest BCUT2D eigenvalue weighted by atomic mass is 10.0. The van der Waals surface area contributed by atoms with Crippen molar-refractivity contribution >= 4 is 5.91 Å². The van der Waals surface area contributed by atoms with Crippen LogP contribution in [0.4, 0.5) is 0 Å². The highest BCUT2D eigenvalue weighted by atomic mass is 16.3. The third kappa shape index (κ3) is 3.80. The SMILES string of the molecule is CN(C)C1CCN(C(=O)CCCO)CC1. The molecule has 15 heavy (non-hydrogen) atoms. The number of hydrogen-bond acceptors (Lipinski definition) is 3. The van der Waals surface area contributed by atoms with E-state index in [0.29, 0.717) is 18.9 Å². The van der Waals surface area contributed by atoms with Crippen molar-refractivity contribution < 1.29 is 9.90 Å². The van der Waals surface area contributed by atoms with E-state index in [4.69, 9.17) is 5.11 Å². The van der Waals surface area contributed by atoms with Crippen LogP contribution in [0.15, 0.2) is 0 Å². The number of carbonyl (C=O) groups excluding carboxylic acids is 1. The van der Waals surface area contributed by atoms with Crippen LogP contribution in [0.25, 0.3) is 0 Å². The third-order valence-corrected chi connectivity index (χ3v) is 3.10. The van der Waals surface area contributed by atoms with Crippen LogP contribution >= 0.6 is 0 Å². The summed E-state index contributed by atoms with van der Waals surface area (Å²) in [6.07, 6.45) is 3.21. The van der Waals surface area contributed by atoms with Crippen molar-refractivity contribution in [2.75, 3.05) is 33.8 Å². The topological polar surface area (TPSA) is 43.8 Å². The second kappa shape index (κ2) is 6.08. The highest BCUT2D eigenvalue weighted by Gasteiger charge is 2.23. The summed E-state index contributed by atoms with van der Waals surface area (Å²) in [6.45, 7) is 1.85. The minimum absolute atomic E-state index is 0.111. The summed E-state index contributed by atoms with van der Waals surface area (Å²) in [5.74, 6) is 0.196. The minimum Gasteiger partial charge on any atom is -0.396 e. The summed E-state index contributed by atoms with van der Waals surface area (Å²) >= 11 is 0. The Labute approximate surface area is 91.9 Å². The molecule has 0 spiro atoms. The number of piperidine rings is 1. The van der Waals surface area contributed by atoms with Gasteiger partial charge in [0.15, 0.2) is 0 Å². The molecule has 0 atom stereocenters. The molecule has 1 aliphatic rings. The van der Waals surface area contributed by atoms with Gasteiger partial charge in [0.1, 0.15) is 0 Å². The molecule has 1 saturated heterocycles. The zero-order valence-corrected chi connectivity index (χ0v) is 9.78. The Morgan fingerprint density at radius 2 is 2.00 bits per heavy atom. The van der Waals surface area contributed by atoms with Gasteiger partial charge in [-0.05, 0) is 33.4 Å². The summed E-state index contributed by atoms with van der Waals surface area (Å²) in [6, 6.07) is 0.617. The summed E-state index contributed by atoms with van der Waals surface area (Å²) in [5, 5.41) is 8.65. The normalized spacial score (nSPS) is 18.5. The van der Waals surface area contributed by atoms with E-state index in [2.05, 4.69) is 19.0 Å². The van der Waals surface area contributed by atoms with Crippen molar-refractivity contribution in [3.8, 4) is 0 Å². The zero-order valence-electron chi connectivity index (χ0n) is 9.78. The Morgan fingerprint density at radius 1 is 1.40 bits per heavy atom. The van der Waals surface area contributed by atoms with Crippen LogP contribution in [0.3, 0.4) is 0 Å². The van der Waals surface area contributed by atoms with Crippen molar-refractivity contribution in [1.29, 1.82) is 0 Å². The first-order chi connectivity index (χ1) is 7.15. The maximum atomic E-state index is 11.6. The van der Waals surface area contributed by atoms with Crippen molar-refractivity contribution in [2.45, 2.75) is 31.7 Å². The molecule has 0 bridgehead atoms. The highest BCUT2D eigenvalue weighted by Crippen LogP contribution is 2.15. The van der Waals surface area contributed by atoms with Crippen molar-refractivity contribution in [2.24, 2.45) is 0 Å². The second-order valence-electron chi connectivity index (χ2n) is 4.40. The molecule has 0 aromatic rings. The minimum atomic E-state index is 0.111. The summed E-state index contributed by atoms with van der Waals surface area (Å²) in [7, 11) is 4.18. The second-order valence-corrected chi connectivity index (χ2v) is 4.40. The molecule has 0 aliphatic carbocycles. The van der Waals surface area contributed by atoms with Gasteiger partial charge in [-0.15, -0.1) is 0 Å². The van der Waals surface area contributed by atoms with Crippen LogP contribution in [-0.2, 0) is 4.79 Å². The van der Waals surface area contributed by atoms with Crippen LogP contribution in [0.2, 0.25) is 0 Å². The molecule has 88 valence electrons. The average Bonchev–Trinajstić information content (AvgIpc) is 2.26. The first-order valence-electron chi connectivity index (χ1n) is 5.70. The third-order valence-electron chi connectivity index (χ3n) is 3.10. The van der Waals surface area contributed by atoms with E-state index in [1.54, 1.807) is 0 Å². The zero-order chi connectivity index (χ0) is 11.3. The summed E-state index contributed by atoms with van der Waals surface area (Å²) < 4.78 is 0. The Hall–Kier alpha value is -0.610. The summed E-state index contributed by atoms with van der Waals surface area (Å²) in [5.41, 5.74) is 0. The van der Waals surface area contributed by atoms with E-state index < -0.39 is 0 Å². The largest absolute Gasteiger partial charge is 0.396 e. The lowest BCUT2D eigenvalue weighted by molar-refractivity contribution is -0.132. The molecule has 1 amide bonds. The van der Waals surface area contributed by atoms with E-state index in [-0.39, 0.29) is 12.5 Å². The van der Waals surface area contributed by atoms with Gasteiger partial charge in [-0.2, -0.15) is 0 Å². The van der Waals surface area contributed by atoms with Gasteiger partial charge >= 0.3 is 0 Å². The van der Waals surface area contributed by atoms with Gasteiger partial charge in [0.2, 0.25) is 5.91 Å². The molecule has 1 aliphatic heterocycles. The first kappa shape index (κ1) is 12.5. The van der Waals surface area contributed by atoms with Crippen LogP contribution in [0.1, 0.15) is 25.7 Å². The lowest BCUT2D eigenvalue weighted by Crippen LogP contribution is -2.44. The summed E-state index contributed by atoms with van der Waals surface area (Å²) in [4.78, 5) is 15.8. The number of likely N-dealkylation sites (tertiary alicyclic amines) is 1. The molecular formula is C11H22N2O2. The fourth-order valence-electron chi connectivity index (χ4n) is 2.02. The van der Waals surface area contributed by atoms with Crippen LogP contribution in [0.5, 0.6) is 0 Å². The number of nitrogens with zero attached hydrogens (tertiary/aromatic N) is 2. The van der Waals surface area contributed by atoms with Gasteiger partial charge in [-0.25, -0.2) is 0 Å². The van der Waals surface area contributed by atoms with Crippen LogP contribution in [0, 0.1) is 0 Å². The Morgan fingerprint density at radius 3 is 2.47 bits per heavy atom. The number of aliphatic hydroxyl groups excluding tert-OH is 1. The molecule has 4 nitrogen and oxygen atoms in total. The highest BCUT2D eigenvalue weighted by molar-refractivity contribution is 5.76. The predicted molar refractivity (Wildman–Crippen MR) is 59.6 cm³/mol. The Balaban J connectivity index is 2.27. The van der Waals surface area contributed by atoms with Crippen molar-refractivity contribution in [3.05, 3.63) is 0 Å². The Bertz CT molecular complexity index is 199. The van der Waals surface area contributed by atoms with Crippen molar-refractivity contribution in [3.63, 3.8) is 0 Å². The number of hydrogen-bond donors (Lipinski definition) is 1. The van der Waals surface area contributed by atoms with Crippen LogP contribution < -0.4 is 0 Å². The molecule has 1 fully saturated rings. The van der Waals surface area contributed by atoms with E-state index in [1.807, 2.05) is 4.90 Å². The maximum absolute atomic E-state index is 11.6. The maximum Gasteiger partial charge on any atom is 0.222 e.